The van der Waals surface area contributed by atoms with Crippen LogP contribution in [0.5, 0.6) is 0 Å². The molecule has 0 aliphatic heterocycles. The fourth-order valence-electron chi connectivity index (χ4n) is 1.42. The van der Waals surface area contributed by atoms with E-state index >= 15 is 0 Å². The fraction of sp³-hybridized carbons (Fsp3) is 0.667. The van der Waals surface area contributed by atoms with Crippen LogP contribution in [0.1, 0.15) is 31.6 Å². The van der Waals surface area contributed by atoms with Crippen molar-refractivity contribution < 1.29 is 0 Å². The van der Waals surface area contributed by atoms with Crippen LogP contribution < -0.4 is 10.6 Å². The number of hydrogen-bond acceptors (Lipinski definition) is 3. The lowest BCUT2D eigenvalue weighted by atomic mass is 10.3. The van der Waals surface area contributed by atoms with Crippen molar-refractivity contribution in [1.82, 2.24) is 10.6 Å². The van der Waals surface area contributed by atoms with Gasteiger partial charge in [0.25, 0.3) is 0 Å². The van der Waals surface area contributed by atoms with Gasteiger partial charge in [-0.2, -0.15) is 0 Å². The highest BCUT2D eigenvalue weighted by molar-refractivity contribution is 9.11. The lowest BCUT2D eigenvalue weighted by Gasteiger charge is -2.07. The van der Waals surface area contributed by atoms with Crippen LogP contribution >= 0.6 is 27.3 Å². The third-order valence-corrected chi connectivity index (χ3v) is 3.88. The summed E-state index contributed by atoms with van der Waals surface area (Å²) in [4.78, 5) is 1.40. The molecule has 0 fully saturated rings. The van der Waals surface area contributed by atoms with Crippen LogP contribution in [0.4, 0.5) is 0 Å². The van der Waals surface area contributed by atoms with E-state index in [1.54, 1.807) is 11.3 Å². The highest BCUT2D eigenvalue weighted by Crippen LogP contribution is 2.21. The molecule has 1 rings (SSSR count). The molecule has 1 heterocycles. The molecule has 0 saturated carbocycles. The van der Waals surface area contributed by atoms with Crippen molar-refractivity contribution in [2.24, 2.45) is 0 Å². The SMILES string of the molecule is CC(C)NCCCCNCc1ccc(Br)s1. The summed E-state index contributed by atoms with van der Waals surface area (Å²) in [7, 11) is 0. The maximum absolute atomic E-state index is 3.47. The van der Waals surface area contributed by atoms with Gasteiger partial charge in [0.15, 0.2) is 0 Å². The second kappa shape index (κ2) is 8.23. The molecule has 0 aliphatic rings. The molecule has 2 nitrogen and oxygen atoms in total. The highest BCUT2D eigenvalue weighted by atomic mass is 79.9. The van der Waals surface area contributed by atoms with E-state index in [9.17, 15) is 0 Å². The first-order valence-electron chi connectivity index (χ1n) is 5.87. The summed E-state index contributed by atoms with van der Waals surface area (Å²) in [6, 6.07) is 4.88. The monoisotopic (exact) mass is 304 g/mol. The highest BCUT2D eigenvalue weighted by Gasteiger charge is 1.97. The van der Waals surface area contributed by atoms with E-state index in [4.69, 9.17) is 0 Å². The molecule has 0 aromatic carbocycles. The second-order valence-corrected chi connectivity index (χ2v) is 6.75. The van der Waals surface area contributed by atoms with Gasteiger partial charge in [0.1, 0.15) is 0 Å². The minimum atomic E-state index is 0.608. The molecule has 0 saturated heterocycles. The first kappa shape index (κ1) is 14.2. The molecule has 0 unspecified atom stereocenters. The Morgan fingerprint density at radius 2 is 2.00 bits per heavy atom. The zero-order valence-corrected chi connectivity index (χ0v) is 12.5. The van der Waals surface area contributed by atoms with Gasteiger partial charge in [-0.05, 0) is 54.0 Å². The molecule has 0 radical (unpaired) electrons. The van der Waals surface area contributed by atoms with E-state index in [0.717, 1.165) is 19.6 Å². The van der Waals surface area contributed by atoms with Crippen LogP contribution in [-0.4, -0.2) is 19.1 Å². The van der Waals surface area contributed by atoms with Gasteiger partial charge in [-0.1, -0.05) is 13.8 Å². The van der Waals surface area contributed by atoms with Crippen LogP contribution in [0.15, 0.2) is 15.9 Å². The predicted molar refractivity (Wildman–Crippen MR) is 76.1 cm³/mol. The Morgan fingerprint density at radius 1 is 1.25 bits per heavy atom. The van der Waals surface area contributed by atoms with Gasteiger partial charge in [-0.15, -0.1) is 11.3 Å². The number of thiophene rings is 1. The van der Waals surface area contributed by atoms with E-state index in [1.165, 1.54) is 21.5 Å². The normalized spacial score (nSPS) is 11.2. The summed E-state index contributed by atoms with van der Waals surface area (Å²) in [6.45, 7) is 7.60. The van der Waals surface area contributed by atoms with E-state index in [0.29, 0.717) is 6.04 Å². The summed E-state index contributed by atoms with van der Waals surface area (Å²) >= 11 is 5.27. The second-order valence-electron chi connectivity index (χ2n) is 4.20. The number of hydrogen-bond donors (Lipinski definition) is 2. The van der Waals surface area contributed by atoms with E-state index in [-0.39, 0.29) is 0 Å². The van der Waals surface area contributed by atoms with Crippen molar-refractivity contribution in [3.05, 3.63) is 20.8 Å². The first-order valence-corrected chi connectivity index (χ1v) is 7.47. The Bertz CT molecular complexity index is 286. The van der Waals surface area contributed by atoms with Gasteiger partial charge in [-0.3, -0.25) is 0 Å². The average molecular weight is 305 g/mol. The van der Waals surface area contributed by atoms with Crippen molar-refractivity contribution in [2.75, 3.05) is 13.1 Å². The Morgan fingerprint density at radius 3 is 2.62 bits per heavy atom. The first-order chi connectivity index (χ1) is 7.68. The van der Waals surface area contributed by atoms with Gasteiger partial charge in [0.2, 0.25) is 0 Å². The standard InChI is InChI=1S/C12H21BrN2S/c1-10(2)15-8-4-3-7-14-9-11-5-6-12(13)16-11/h5-6,10,14-15H,3-4,7-9H2,1-2H3. The molecular formula is C12H21BrN2S. The Kier molecular flexibility index (Phi) is 7.28. The summed E-state index contributed by atoms with van der Waals surface area (Å²) in [5.41, 5.74) is 0. The number of unbranched alkanes of at least 4 members (excludes halogenated alkanes) is 1. The lowest BCUT2D eigenvalue weighted by molar-refractivity contribution is 0.542. The Hall–Kier alpha value is 0.1000. The topological polar surface area (TPSA) is 24.1 Å². The number of nitrogens with one attached hydrogen (secondary N) is 2. The van der Waals surface area contributed by atoms with Crippen LogP contribution in [0, 0.1) is 0 Å². The van der Waals surface area contributed by atoms with Crippen molar-refractivity contribution in [3.63, 3.8) is 0 Å². The Balaban J connectivity index is 1.92. The molecule has 1 aromatic heterocycles. The third-order valence-electron chi connectivity index (χ3n) is 2.26. The molecule has 0 amide bonds. The summed E-state index contributed by atoms with van der Waals surface area (Å²) in [5, 5.41) is 6.89. The van der Waals surface area contributed by atoms with Gasteiger partial charge < -0.3 is 10.6 Å². The smallest absolute Gasteiger partial charge is 0.0701 e. The zero-order valence-electron chi connectivity index (χ0n) is 10.1. The van der Waals surface area contributed by atoms with Gasteiger partial charge in [0, 0.05) is 17.5 Å². The molecule has 92 valence electrons. The van der Waals surface area contributed by atoms with E-state index in [1.807, 2.05) is 0 Å². The van der Waals surface area contributed by atoms with E-state index in [2.05, 4.69) is 52.5 Å². The van der Waals surface area contributed by atoms with Crippen molar-refractivity contribution in [3.8, 4) is 0 Å². The van der Waals surface area contributed by atoms with Crippen molar-refractivity contribution in [1.29, 1.82) is 0 Å². The molecule has 0 atom stereocenters. The maximum atomic E-state index is 3.47. The van der Waals surface area contributed by atoms with Gasteiger partial charge in [0.05, 0.1) is 3.79 Å². The lowest BCUT2D eigenvalue weighted by Crippen LogP contribution is -2.24. The quantitative estimate of drug-likeness (QED) is 0.720. The van der Waals surface area contributed by atoms with Crippen LogP contribution in [0.3, 0.4) is 0 Å². The van der Waals surface area contributed by atoms with Crippen molar-refractivity contribution >= 4 is 27.3 Å². The largest absolute Gasteiger partial charge is 0.315 e. The molecule has 16 heavy (non-hydrogen) atoms. The molecule has 1 aromatic rings. The molecular weight excluding hydrogens is 284 g/mol. The summed E-state index contributed by atoms with van der Waals surface area (Å²) < 4.78 is 1.21. The van der Waals surface area contributed by atoms with Gasteiger partial charge in [-0.25, -0.2) is 0 Å². The number of halogens is 1. The van der Waals surface area contributed by atoms with Gasteiger partial charge >= 0.3 is 0 Å². The third kappa shape index (κ3) is 6.63. The molecule has 0 spiro atoms. The van der Waals surface area contributed by atoms with Crippen molar-refractivity contribution in [2.45, 2.75) is 39.3 Å². The summed E-state index contributed by atoms with van der Waals surface area (Å²) in [6.07, 6.45) is 2.49. The zero-order chi connectivity index (χ0) is 11.8. The minimum absolute atomic E-state index is 0.608. The minimum Gasteiger partial charge on any atom is -0.315 e. The maximum Gasteiger partial charge on any atom is 0.0701 e. The number of rotatable bonds is 8. The van der Waals surface area contributed by atoms with Crippen LogP contribution in [0.25, 0.3) is 0 Å². The van der Waals surface area contributed by atoms with Crippen LogP contribution in [-0.2, 0) is 6.54 Å². The molecule has 4 heteroatoms. The fourth-order valence-corrected chi connectivity index (χ4v) is 2.88. The average Bonchev–Trinajstić information content (AvgIpc) is 2.62. The summed E-state index contributed by atoms with van der Waals surface area (Å²) in [5.74, 6) is 0. The van der Waals surface area contributed by atoms with E-state index < -0.39 is 0 Å². The van der Waals surface area contributed by atoms with Crippen LogP contribution in [0.2, 0.25) is 0 Å². The predicted octanol–water partition coefficient (Wildman–Crippen LogP) is 3.38. The molecule has 0 aliphatic carbocycles. The molecule has 0 bridgehead atoms. The molecule has 2 N–H and O–H groups in total. The Labute approximate surface area is 111 Å².